The Hall–Kier alpha value is -2.80. The van der Waals surface area contributed by atoms with Crippen LogP contribution in [0.3, 0.4) is 0 Å². The predicted octanol–water partition coefficient (Wildman–Crippen LogP) is 3.01. The van der Waals surface area contributed by atoms with E-state index in [4.69, 9.17) is 5.11 Å². The number of carbonyl (C=O) groups excluding carboxylic acids is 1. The highest BCUT2D eigenvalue weighted by molar-refractivity contribution is 5.96. The topological polar surface area (TPSA) is 60.9 Å². The molecule has 1 fully saturated rings. The van der Waals surface area contributed by atoms with Gasteiger partial charge in [-0.2, -0.15) is 0 Å². The molecule has 1 N–H and O–H groups in total. The zero-order valence-electron chi connectivity index (χ0n) is 14.7. The summed E-state index contributed by atoms with van der Waals surface area (Å²) in [6.07, 6.45) is 0.738. The van der Waals surface area contributed by atoms with Crippen LogP contribution in [0, 0.1) is 11.6 Å². The van der Waals surface area contributed by atoms with Gasteiger partial charge in [-0.1, -0.05) is 12.1 Å². The normalized spacial score (nSPS) is 15.4. The molecule has 0 atom stereocenters. The first-order chi connectivity index (χ1) is 12.9. The number of carbonyl (C=O) groups is 2. The minimum absolute atomic E-state index is 0.119. The number of hydrogen-bond acceptors (Lipinski definition) is 3. The van der Waals surface area contributed by atoms with Crippen molar-refractivity contribution in [3.8, 4) is 0 Å². The third-order valence-electron chi connectivity index (χ3n) is 4.64. The van der Waals surface area contributed by atoms with Crippen molar-refractivity contribution >= 4 is 11.9 Å². The van der Waals surface area contributed by atoms with Crippen molar-refractivity contribution in [2.75, 3.05) is 26.2 Å². The van der Waals surface area contributed by atoms with Crippen LogP contribution < -0.4 is 0 Å². The number of carboxylic acid groups (broad SMARTS) is 1. The summed E-state index contributed by atoms with van der Waals surface area (Å²) in [5.74, 6) is -2.78. The molecule has 0 aliphatic carbocycles. The maximum absolute atomic E-state index is 14.2. The summed E-state index contributed by atoms with van der Waals surface area (Å²) in [6, 6.07) is 9.65. The van der Waals surface area contributed by atoms with Crippen LogP contribution in [0.1, 0.15) is 32.7 Å². The first-order valence-electron chi connectivity index (χ1n) is 8.73. The van der Waals surface area contributed by atoms with Gasteiger partial charge in [0.1, 0.15) is 11.6 Å². The lowest BCUT2D eigenvalue weighted by Gasteiger charge is -2.22. The second-order valence-corrected chi connectivity index (χ2v) is 6.55. The monoisotopic (exact) mass is 374 g/mol. The van der Waals surface area contributed by atoms with E-state index >= 15 is 0 Å². The summed E-state index contributed by atoms with van der Waals surface area (Å²) >= 11 is 0. The first-order valence-corrected chi connectivity index (χ1v) is 8.73. The number of halogens is 2. The molecule has 0 radical (unpaired) electrons. The number of carboxylic acids is 1. The number of aromatic carboxylic acids is 1. The van der Waals surface area contributed by atoms with Crippen molar-refractivity contribution in [3.63, 3.8) is 0 Å². The molecule has 27 heavy (non-hydrogen) atoms. The van der Waals surface area contributed by atoms with Gasteiger partial charge in [-0.3, -0.25) is 9.69 Å². The van der Waals surface area contributed by atoms with Crippen molar-refractivity contribution in [2.24, 2.45) is 0 Å². The van der Waals surface area contributed by atoms with Gasteiger partial charge < -0.3 is 10.0 Å². The van der Waals surface area contributed by atoms with Crippen molar-refractivity contribution in [2.45, 2.75) is 13.0 Å². The van der Waals surface area contributed by atoms with Crippen LogP contribution in [0.4, 0.5) is 8.78 Å². The fourth-order valence-electron chi connectivity index (χ4n) is 3.17. The SMILES string of the molecule is O=C(O)c1ccc(C(=O)N2CCCN(Cc3ccc(F)cc3)CC2)c(F)c1. The Morgan fingerprint density at radius 2 is 1.70 bits per heavy atom. The molecule has 0 bridgehead atoms. The van der Waals surface area contributed by atoms with Gasteiger partial charge in [0.15, 0.2) is 0 Å². The maximum atomic E-state index is 14.2. The first kappa shape index (κ1) is 19.0. The average molecular weight is 374 g/mol. The Labute approximate surface area is 155 Å². The molecule has 1 aliphatic heterocycles. The molecule has 1 aliphatic rings. The third-order valence-corrected chi connectivity index (χ3v) is 4.64. The molecule has 1 amide bonds. The lowest BCUT2D eigenvalue weighted by Crippen LogP contribution is -2.35. The molecule has 1 heterocycles. The van der Waals surface area contributed by atoms with Crippen LogP contribution >= 0.6 is 0 Å². The van der Waals surface area contributed by atoms with Gasteiger partial charge in [-0.15, -0.1) is 0 Å². The van der Waals surface area contributed by atoms with E-state index in [0.717, 1.165) is 24.6 Å². The molecule has 1 saturated heterocycles. The van der Waals surface area contributed by atoms with Gasteiger partial charge in [0, 0.05) is 32.7 Å². The summed E-state index contributed by atoms with van der Waals surface area (Å²) in [5.41, 5.74) is 0.684. The van der Waals surface area contributed by atoms with E-state index < -0.39 is 17.7 Å². The minimum Gasteiger partial charge on any atom is -0.478 e. The Morgan fingerprint density at radius 1 is 0.963 bits per heavy atom. The van der Waals surface area contributed by atoms with Crippen LogP contribution in [0.2, 0.25) is 0 Å². The van der Waals surface area contributed by atoms with Gasteiger partial charge in [-0.05, 0) is 42.3 Å². The highest BCUT2D eigenvalue weighted by Gasteiger charge is 2.23. The lowest BCUT2D eigenvalue weighted by atomic mass is 10.1. The molecule has 3 rings (SSSR count). The smallest absolute Gasteiger partial charge is 0.335 e. The molecular weight excluding hydrogens is 354 g/mol. The number of hydrogen-bond donors (Lipinski definition) is 1. The highest BCUT2D eigenvalue weighted by atomic mass is 19.1. The molecule has 0 saturated carbocycles. The Bertz CT molecular complexity index is 840. The van der Waals surface area contributed by atoms with Crippen LogP contribution in [0.5, 0.6) is 0 Å². The fourth-order valence-corrected chi connectivity index (χ4v) is 3.17. The van der Waals surface area contributed by atoms with Gasteiger partial charge in [-0.25, -0.2) is 13.6 Å². The van der Waals surface area contributed by atoms with E-state index in [0.29, 0.717) is 26.2 Å². The van der Waals surface area contributed by atoms with E-state index in [9.17, 15) is 18.4 Å². The van der Waals surface area contributed by atoms with Crippen LogP contribution in [0.25, 0.3) is 0 Å². The maximum Gasteiger partial charge on any atom is 0.335 e. The number of benzene rings is 2. The summed E-state index contributed by atoms with van der Waals surface area (Å²) in [6.45, 7) is 3.00. The van der Waals surface area contributed by atoms with Gasteiger partial charge >= 0.3 is 5.97 Å². The van der Waals surface area contributed by atoms with E-state index in [1.165, 1.54) is 24.3 Å². The number of nitrogens with zero attached hydrogens (tertiary/aromatic N) is 2. The van der Waals surface area contributed by atoms with Crippen LogP contribution in [0.15, 0.2) is 42.5 Å². The zero-order chi connectivity index (χ0) is 19.4. The van der Waals surface area contributed by atoms with Crippen molar-refractivity contribution < 1.29 is 23.5 Å². The van der Waals surface area contributed by atoms with Gasteiger partial charge in [0.2, 0.25) is 0 Å². The summed E-state index contributed by atoms with van der Waals surface area (Å²) < 4.78 is 27.2. The molecule has 0 unspecified atom stereocenters. The van der Waals surface area contributed by atoms with E-state index in [2.05, 4.69) is 4.90 Å². The second-order valence-electron chi connectivity index (χ2n) is 6.55. The van der Waals surface area contributed by atoms with Crippen LogP contribution in [-0.2, 0) is 6.54 Å². The third kappa shape index (κ3) is 4.68. The predicted molar refractivity (Wildman–Crippen MR) is 95.6 cm³/mol. The highest BCUT2D eigenvalue weighted by Crippen LogP contribution is 2.16. The molecular formula is C20H20F2N2O3. The molecule has 0 spiro atoms. The lowest BCUT2D eigenvalue weighted by molar-refractivity contribution is 0.0692. The van der Waals surface area contributed by atoms with E-state index in [1.54, 1.807) is 17.0 Å². The van der Waals surface area contributed by atoms with Crippen molar-refractivity contribution in [1.29, 1.82) is 0 Å². The second kappa shape index (κ2) is 8.26. The molecule has 2 aromatic rings. The van der Waals surface area contributed by atoms with E-state index in [-0.39, 0.29) is 16.9 Å². The Morgan fingerprint density at radius 3 is 2.37 bits per heavy atom. The van der Waals surface area contributed by atoms with Crippen molar-refractivity contribution in [1.82, 2.24) is 9.80 Å². The summed E-state index contributed by atoms with van der Waals surface area (Å²) in [7, 11) is 0. The Kier molecular flexibility index (Phi) is 5.81. The Balaban J connectivity index is 1.64. The van der Waals surface area contributed by atoms with Crippen molar-refractivity contribution in [3.05, 3.63) is 70.8 Å². The zero-order valence-corrected chi connectivity index (χ0v) is 14.7. The quantitative estimate of drug-likeness (QED) is 0.894. The van der Waals surface area contributed by atoms with Gasteiger partial charge in [0.05, 0.1) is 11.1 Å². The minimum atomic E-state index is -1.24. The summed E-state index contributed by atoms with van der Waals surface area (Å²) in [4.78, 5) is 27.3. The largest absolute Gasteiger partial charge is 0.478 e. The number of rotatable bonds is 4. The van der Waals surface area contributed by atoms with Gasteiger partial charge in [0.25, 0.3) is 5.91 Å². The average Bonchev–Trinajstić information content (AvgIpc) is 2.88. The molecule has 142 valence electrons. The molecule has 5 nitrogen and oxygen atoms in total. The summed E-state index contributed by atoms with van der Waals surface area (Å²) in [5, 5.41) is 8.90. The standard InChI is InChI=1S/C20H20F2N2O3/c21-16-5-2-14(3-6-16)13-23-8-1-9-24(11-10-23)19(25)17-7-4-15(20(26)27)12-18(17)22/h2-7,12H,1,8-11,13H2,(H,26,27). The molecule has 7 heteroatoms. The van der Waals surface area contributed by atoms with Crippen LogP contribution in [-0.4, -0.2) is 53.0 Å². The fraction of sp³-hybridized carbons (Fsp3) is 0.300. The molecule has 2 aromatic carbocycles. The van der Waals surface area contributed by atoms with E-state index in [1.807, 2.05) is 0 Å². The number of amides is 1. The molecule has 0 aromatic heterocycles.